The lowest BCUT2D eigenvalue weighted by Crippen LogP contribution is -2.41. The Morgan fingerprint density at radius 2 is 1.72 bits per heavy atom. The number of aryl methyl sites for hydroxylation is 2. The zero-order chi connectivity index (χ0) is 23.2. The van der Waals surface area contributed by atoms with Crippen molar-refractivity contribution in [3.63, 3.8) is 0 Å². The Hall–Kier alpha value is -2.71. The molecule has 4 rings (SSSR count). The number of ether oxygens (including phenoxy) is 2. The SMILES string of the molecule is Cc1ccc(-c2c(C)sc(NC(=O)[C@H]3[C@@H](C(=O)O)[C@H]4CC[C@H]3O4)c2C(=O)OC(C)C)cc1. The summed E-state index contributed by atoms with van der Waals surface area (Å²) in [5.41, 5.74) is 2.97. The number of hydrogen-bond donors (Lipinski definition) is 2. The van der Waals surface area contributed by atoms with Crippen molar-refractivity contribution in [3.05, 3.63) is 40.3 Å². The minimum atomic E-state index is -1.03. The van der Waals surface area contributed by atoms with Gasteiger partial charge in [0.05, 0.1) is 30.1 Å². The molecular formula is C24H27NO6S. The molecule has 0 saturated carbocycles. The van der Waals surface area contributed by atoms with Gasteiger partial charge in [0.1, 0.15) is 10.6 Å². The van der Waals surface area contributed by atoms with Crippen molar-refractivity contribution in [2.75, 3.05) is 5.32 Å². The predicted octanol–water partition coefficient (Wildman–Crippen LogP) is 4.41. The number of carbonyl (C=O) groups is 3. The first-order chi connectivity index (χ1) is 15.2. The summed E-state index contributed by atoms with van der Waals surface area (Å²) in [4.78, 5) is 38.9. The van der Waals surface area contributed by atoms with Crippen molar-refractivity contribution in [2.24, 2.45) is 11.8 Å². The third-order valence-electron chi connectivity index (χ3n) is 6.07. The standard InChI is InChI=1S/C24H27NO6S/c1-11(2)30-24(29)20-17(14-7-5-12(3)6-8-14)13(4)32-22(20)25-21(26)18-15-9-10-16(31-15)19(18)23(27)28/h5-8,11,15-16,18-19H,9-10H2,1-4H3,(H,25,26)(H,27,28)/t15-,16-,18-,19+/m1/s1. The Morgan fingerprint density at radius 3 is 2.31 bits per heavy atom. The molecular weight excluding hydrogens is 430 g/mol. The molecule has 2 N–H and O–H groups in total. The van der Waals surface area contributed by atoms with Crippen LogP contribution in [0.1, 0.15) is 47.5 Å². The molecule has 0 spiro atoms. The van der Waals surface area contributed by atoms with Crippen LogP contribution < -0.4 is 5.32 Å². The zero-order valence-electron chi connectivity index (χ0n) is 18.5. The van der Waals surface area contributed by atoms with Crippen LogP contribution in [-0.2, 0) is 19.1 Å². The number of amides is 1. The van der Waals surface area contributed by atoms with Crippen LogP contribution >= 0.6 is 11.3 Å². The highest BCUT2D eigenvalue weighted by atomic mass is 32.1. The number of aliphatic carboxylic acids is 1. The van der Waals surface area contributed by atoms with Gasteiger partial charge in [-0.25, -0.2) is 4.79 Å². The van der Waals surface area contributed by atoms with E-state index in [0.717, 1.165) is 21.6 Å². The van der Waals surface area contributed by atoms with Gasteiger partial charge in [-0.2, -0.15) is 0 Å². The molecule has 1 amide bonds. The van der Waals surface area contributed by atoms with Crippen LogP contribution in [0.4, 0.5) is 5.00 Å². The molecule has 0 unspecified atom stereocenters. The van der Waals surface area contributed by atoms with Gasteiger partial charge in [0.15, 0.2) is 0 Å². The minimum Gasteiger partial charge on any atom is -0.481 e. The summed E-state index contributed by atoms with van der Waals surface area (Å²) in [6, 6.07) is 7.80. The van der Waals surface area contributed by atoms with Crippen molar-refractivity contribution in [2.45, 2.75) is 58.8 Å². The second-order valence-corrected chi connectivity index (χ2v) is 9.95. The maximum Gasteiger partial charge on any atom is 0.342 e. The van der Waals surface area contributed by atoms with E-state index in [1.54, 1.807) is 13.8 Å². The van der Waals surface area contributed by atoms with Crippen LogP contribution in [0.25, 0.3) is 11.1 Å². The van der Waals surface area contributed by atoms with Crippen LogP contribution in [0.5, 0.6) is 0 Å². The summed E-state index contributed by atoms with van der Waals surface area (Å²) in [7, 11) is 0. The van der Waals surface area contributed by atoms with Crippen molar-refractivity contribution in [3.8, 4) is 11.1 Å². The normalized spacial score (nSPS) is 24.0. The second-order valence-electron chi connectivity index (χ2n) is 8.73. The highest BCUT2D eigenvalue weighted by molar-refractivity contribution is 7.17. The lowest BCUT2D eigenvalue weighted by molar-refractivity contribution is -0.147. The minimum absolute atomic E-state index is 0.300. The molecule has 170 valence electrons. The Kier molecular flexibility index (Phi) is 6.09. The molecule has 2 aliphatic heterocycles. The Bertz CT molecular complexity index is 1060. The van der Waals surface area contributed by atoms with E-state index in [0.29, 0.717) is 23.4 Å². The van der Waals surface area contributed by atoms with Gasteiger partial charge in [-0.3, -0.25) is 9.59 Å². The predicted molar refractivity (Wildman–Crippen MR) is 121 cm³/mol. The van der Waals surface area contributed by atoms with E-state index in [9.17, 15) is 19.5 Å². The number of hydrogen-bond acceptors (Lipinski definition) is 6. The zero-order valence-corrected chi connectivity index (χ0v) is 19.3. The van der Waals surface area contributed by atoms with E-state index in [1.165, 1.54) is 11.3 Å². The summed E-state index contributed by atoms with van der Waals surface area (Å²) >= 11 is 1.29. The van der Waals surface area contributed by atoms with Gasteiger partial charge < -0.3 is 19.9 Å². The molecule has 1 aromatic carbocycles. The molecule has 2 bridgehead atoms. The molecule has 8 heteroatoms. The molecule has 7 nitrogen and oxygen atoms in total. The maximum atomic E-state index is 13.2. The van der Waals surface area contributed by atoms with E-state index >= 15 is 0 Å². The van der Waals surface area contributed by atoms with E-state index in [-0.39, 0.29) is 6.10 Å². The quantitative estimate of drug-likeness (QED) is 0.623. The fourth-order valence-electron chi connectivity index (χ4n) is 4.69. The molecule has 0 aliphatic carbocycles. The summed E-state index contributed by atoms with van der Waals surface area (Å²) in [6.45, 7) is 7.42. The highest BCUT2D eigenvalue weighted by Gasteiger charge is 2.55. The number of carboxylic acids is 1. The third-order valence-corrected chi connectivity index (χ3v) is 7.09. The number of nitrogens with one attached hydrogen (secondary N) is 1. The van der Waals surface area contributed by atoms with Gasteiger partial charge in [-0.05, 0) is 46.1 Å². The second kappa shape index (κ2) is 8.67. The Morgan fingerprint density at radius 1 is 1.09 bits per heavy atom. The maximum absolute atomic E-state index is 13.2. The fraction of sp³-hybridized carbons (Fsp3) is 0.458. The number of rotatable bonds is 6. The summed E-state index contributed by atoms with van der Waals surface area (Å²) in [5.74, 6) is -3.64. The van der Waals surface area contributed by atoms with Gasteiger partial charge in [0, 0.05) is 10.4 Å². The molecule has 3 heterocycles. The number of thiophene rings is 1. The summed E-state index contributed by atoms with van der Waals surface area (Å²) < 4.78 is 11.2. The fourth-order valence-corrected chi connectivity index (χ4v) is 5.76. The van der Waals surface area contributed by atoms with Crippen molar-refractivity contribution >= 4 is 34.2 Å². The number of benzene rings is 1. The van der Waals surface area contributed by atoms with E-state index in [1.807, 2.05) is 38.1 Å². The Labute approximate surface area is 190 Å². The van der Waals surface area contributed by atoms with Gasteiger partial charge >= 0.3 is 11.9 Å². The number of fused-ring (bicyclic) bond motifs is 2. The van der Waals surface area contributed by atoms with Crippen LogP contribution in [0.2, 0.25) is 0 Å². The first-order valence-electron chi connectivity index (χ1n) is 10.8. The third kappa shape index (κ3) is 4.04. The molecule has 1 aromatic heterocycles. The van der Waals surface area contributed by atoms with Crippen LogP contribution in [0, 0.1) is 25.7 Å². The largest absolute Gasteiger partial charge is 0.481 e. The average Bonchev–Trinajstić information content (AvgIpc) is 3.41. The molecule has 0 radical (unpaired) electrons. The number of esters is 1. The van der Waals surface area contributed by atoms with Gasteiger partial charge in [-0.1, -0.05) is 29.8 Å². The van der Waals surface area contributed by atoms with E-state index in [4.69, 9.17) is 9.47 Å². The van der Waals surface area contributed by atoms with Crippen LogP contribution in [0.3, 0.4) is 0 Å². The molecule has 2 aromatic rings. The molecule has 4 atom stereocenters. The number of carboxylic acid groups (broad SMARTS) is 1. The highest BCUT2D eigenvalue weighted by Crippen LogP contribution is 2.45. The Balaban J connectivity index is 1.71. The van der Waals surface area contributed by atoms with Crippen molar-refractivity contribution in [1.29, 1.82) is 0 Å². The van der Waals surface area contributed by atoms with Crippen LogP contribution in [-0.4, -0.2) is 41.3 Å². The topological polar surface area (TPSA) is 102 Å². The number of carbonyl (C=O) groups excluding carboxylic acids is 2. The van der Waals surface area contributed by atoms with Crippen molar-refractivity contribution < 1.29 is 29.0 Å². The first-order valence-corrected chi connectivity index (χ1v) is 11.6. The van der Waals surface area contributed by atoms with Gasteiger partial charge in [0.25, 0.3) is 0 Å². The molecule has 2 saturated heterocycles. The lowest BCUT2D eigenvalue weighted by atomic mass is 9.78. The van der Waals surface area contributed by atoms with Gasteiger partial charge in [-0.15, -0.1) is 11.3 Å². The summed E-state index contributed by atoms with van der Waals surface area (Å²) in [6.07, 6.45) is 0.129. The summed E-state index contributed by atoms with van der Waals surface area (Å²) in [5, 5.41) is 12.9. The molecule has 2 aliphatic rings. The molecule has 32 heavy (non-hydrogen) atoms. The van der Waals surface area contributed by atoms with E-state index < -0.39 is 41.9 Å². The smallest absolute Gasteiger partial charge is 0.342 e. The van der Waals surface area contributed by atoms with Crippen molar-refractivity contribution in [1.82, 2.24) is 0 Å². The van der Waals surface area contributed by atoms with E-state index in [2.05, 4.69) is 5.32 Å². The van der Waals surface area contributed by atoms with Gasteiger partial charge in [0.2, 0.25) is 5.91 Å². The monoisotopic (exact) mass is 457 g/mol. The van der Waals surface area contributed by atoms with Crippen LogP contribution in [0.15, 0.2) is 24.3 Å². The lowest BCUT2D eigenvalue weighted by Gasteiger charge is -2.23. The number of anilines is 1. The average molecular weight is 458 g/mol. The molecule has 2 fully saturated rings. The first kappa shape index (κ1) is 22.5.